The van der Waals surface area contributed by atoms with Gasteiger partial charge in [0, 0.05) is 6.54 Å². The van der Waals surface area contributed by atoms with Crippen LogP contribution in [0.25, 0.3) is 11.0 Å². The van der Waals surface area contributed by atoms with Crippen LogP contribution >= 0.6 is 0 Å². The van der Waals surface area contributed by atoms with E-state index >= 15 is 0 Å². The average molecular weight is 206 g/mol. The molecule has 1 N–H and O–H groups in total. The number of H-pyrrole nitrogens is 1. The van der Waals surface area contributed by atoms with Gasteiger partial charge in [-0.15, -0.1) is 0 Å². The van der Waals surface area contributed by atoms with Crippen molar-refractivity contribution < 1.29 is 0 Å². The third-order valence-electron chi connectivity index (χ3n) is 2.35. The van der Waals surface area contributed by atoms with Gasteiger partial charge in [-0.2, -0.15) is 5.10 Å². The van der Waals surface area contributed by atoms with Gasteiger partial charge in [0.1, 0.15) is 11.2 Å². The number of aromatic nitrogens is 4. The highest BCUT2D eigenvalue weighted by atomic mass is 16.1. The zero-order valence-corrected chi connectivity index (χ0v) is 8.95. The fourth-order valence-corrected chi connectivity index (χ4v) is 1.55. The molecule has 2 rings (SSSR count). The summed E-state index contributed by atoms with van der Waals surface area (Å²) in [4.78, 5) is 18.5. The van der Waals surface area contributed by atoms with E-state index in [4.69, 9.17) is 0 Å². The maximum Gasteiger partial charge on any atom is 0.262 e. The molecule has 0 amide bonds. The number of aromatic amines is 1. The van der Waals surface area contributed by atoms with Crippen LogP contribution in [0.5, 0.6) is 0 Å². The number of hydrogen-bond acceptors (Lipinski definition) is 3. The highest BCUT2D eigenvalue weighted by Crippen LogP contribution is 2.06. The Labute approximate surface area is 87.1 Å². The monoisotopic (exact) mass is 206 g/mol. The van der Waals surface area contributed by atoms with Crippen LogP contribution in [-0.2, 0) is 6.54 Å². The summed E-state index contributed by atoms with van der Waals surface area (Å²) in [5.74, 6) is 0.630. The molecule has 0 saturated heterocycles. The molecule has 2 aromatic heterocycles. The van der Waals surface area contributed by atoms with Crippen molar-refractivity contribution in [2.45, 2.75) is 33.2 Å². The smallest absolute Gasteiger partial charge is 0.262 e. The van der Waals surface area contributed by atoms with Crippen LogP contribution in [0.1, 0.15) is 25.6 Å². The van der Waals surface area contributed by atoms with Crippen molar-refractivity contribution in [3.63, 3.8) is 0 Å². The van der Waals surface area contributed by atoms with Crippen molar-refractivity contribution in [3.8, 4) is 0 Å². The van der Waals surface area contributed by atoms with Crippen molar-refractivity contribution >= 4 is 11.0 Å². The summed E-state index contributed by atoms with van der Waals surface area (Å²) in [6.45, 7) is 4.71. The number of nitrogens with one attached hydrogen (secondary N) is 1. The third kappa shape index (κ3) is 1.77. The molecule has 2 aromatic rings. The largest absolute Gasteiger partial charge is 0.310 e. The standard InChI is InChI=1S/C10H14N4O/c1-3-4-5-14-9-8(6-11-14)10(15)13-7(2)12-9/h6H,3-5H2,1-2H3,(H,12,13,15). The van der Waals surface area contributed by atoms with Gasteiger partial charge in [0.15, 0.2) is 5.65 Å². The Morgan fingerprint density at radius 1 is 1.53 bits per heavy atom. The van der Waals surface area contributed by atoms with E-state index in [2.05, 4.69) is 22.0 Å². The van der Waals surface area contributed by atoms with Gasteiger partial charge in [-0.25, -0.2) is 9.67 Å². The van der Waals surface area contributed by atoms with Gasteiger partial charge >= 0.3 is 0 Å². The van der Waals surface area contributed by atoms with Crippen LogP contribution in [0.2, 0.25) is 0 Å². The van der Waals surface area contributed by atoms with Crippen molar-refractivity contribution in [2.24, 2.45) is 0 Å². The molecule has 5 nitrogen and oxygen atoms in total. The first-order valence-electron chi connectivity index (χ1n) is 5.15. The summed E-state index contributed by atoms with van der Waals surface area (Å²) in [5.41, 5.74) is 0.574. The number of fused-ring (bicyclic) bond motifs is 1. The van der Waals surface area contributed by atoms with E-state index in [0.29, 0.717) is 16.9 Å². The second-order valence-corrected chi connectivity index (χ2v) is 3.61. The molecule has 0 atom stereocenters. The van der Waals surface area contributed by atoms with Gasteiger partial charge in [-0.3, -0.25) is 4.79 Å². The fourth-order valence-electron chi connectivity index (χ4n) is 1.55. The highest BCUT2D eigenvalue weighted by molar-refractivity contribution is 5.72. The van der Waals surface area contributed by atoms with E-state index < -0.39 is 0 Å². The van der Waals surface area contributed by atoms with E-state index in [-0.39, 0.29) is 5.56 Å². The minimum absolute atomic E-state index is 0.111. The summed E-state index contributed by atoms with van der Waals surface area (Å²) in [6, 6.07) is 0. The lowest BCUT2D eigenvalue weighted by molar-refractivity contribution is 0.583. The summed E-state index contributed by atoms with van der Waals surface area (Å²) < 4.78 is 1.79. The molecule has 5 heteroatoms. The quantitative estimate of drug-likeness (QED) is 0.821. The van der Waals surface area contributed by atoms with E-state index in [1.54, 1.807) is 17.8 Å². The topological polar surface area (TPSA) is 63.6 Å². The van der Waals surface area contributed by atoms with Crippen LogP contribution in [0.3, 0.4) is 0 Å². The summed E-state index contributed by atoms with van der Waals surface area (Å²) in [6.07, 6.45) is 3.73. The Bertz CT molecular complexity index is 526. The normalized spacial score (nSPS) is 11.1. The van der Waals surface area contributed by atoms with Crippen molar-refractivity contribution in [1.82, 2.24) is 19.7 Å². The van der Waals surface area contributed by atoms with Crippen LogP contribution < -0.4 is 5.56 Å². The van der Waals surface area contributed by atoms with Crippen molar-refractivity contribution in [2.75, 3.05) is 0 Å². The lowest BCUT2D eigenvalue weighted by Gasteiger charge is -2.01. The summed E-state index contributed by atoms with van der Waals surface area (Å²) >= 11 is 0. The maximum atomic E-state index is 11.5. The molecule has 0 radical (unpaired) electrons. The van der Waals surface area contributed by atoms with E-state index in [1.807, 2.05) is 0 Å². The first kappa shape index (κ1) is 9.89. The van der Waals surface area contributed by atoms with Crippen LogP contribution in [-0.4, -0.2) is 19.7 Å². The third-order valence-corrected chi connectivity index (χ3v) is 2.35. The van der Waals surface area contributed by atoms with Crippen LogP contribution in [0, 0.1) is 6.92 Å². The SMILES string of the molecule is CCCCn1ncc2c(=O)[nH]c(C)nc21. The van der Waals surface area contributed by atoms with E-state index in [9.17, 15) is 4.79 Å². The minimum atomic E-state index is -0.111. The lowest BCUT2D eigenvalue weighted by Crippen LogP contribution is -2.10. The molecule has 80 valence electrons. The number of rotatable bonds is 3. The Kier molecular flexibility index (Phi) is 2.53. The zero-order chi connectivity index (χ0) is 10.8. The Balaban J connectivity index is 2.53. The molecule has 2 heterocycles. The van der Waals surface area contributed by atoms with E-state index in [1.165, 1.54) is 0 Å². The Morgan fingerprint density at radius 2 is 2.33 bits per heavy atom. The molecule has 0 fully saturated rings. The first-order valence-corrected chi connectivity index (χ1v) is 5.15. The second kappa shape index (κ2) is 3.84. The molecular formula is C10H14N4O. The average Bonchev–Trinajstić information content (AvgIpc) is 2.58. The first-order chi connectivity index (χ1) is 7.22. The molecule has 0 spiro atoms. The van der Waals surface area contributed by atoms with Gasteiger partial charge in [0.2, 0.25) is 0 Å². The minimum Gasteiger partial charge on any atom is -0.310 e. The summed E-state index contributed by atoms with van der Waals surface area (Å²) in [7, 11) is 0. The van der Waals surface area contributed by atoms with Crippen molar-refractivity contribution in [1.29, 1.82) is 0 Å². The Morgan fingerprint density at radius 3 is 3.07 bits per heavy atom. The van der Waals surface area contributed by atoms with Crippen LogP contribution in [0.4, 0.5) is 0 Å². The number of nitrogens with zero attached hydrogens (tertiary/aromatic N) is 3. The molecule has 0 aromatic carbocycles. The van der Waals surface area contributed by atoms with Crippen molar-refractivity contribution in [3.05, 3.63) is 22.4 Å². The molecule has 0 unspecified atom stereocenters. The maximum absolute atomic E-state index is 11.5. The van der Waals surface area contributed by atoms with Gasteiger partial charge in [0.25, 0.3) is 5.56 Å². The number of unbranched alkanes of at least 4 members (excludes halogenated alkanes) is 1. The number of hydrogen-bond donors (Lipinski definition) is 1. The van der Waals surface area contributed by atoms with Crippen LogP contribution in [0.15, 0.2) is 11.0 Å². The molecule has 0 aliphatic carbocycles. The van der Waals surface area contributed by atoms with Gasteiger partial charge in [-0.1, -0.05) is 13.3 Å². The van der Waals surface area contributed by atoms with Gasteiger partial charge in [-0.05, 0) is 13.3 Å². The number of aryl methyl sites for hydroxylation is 2. The van der Waals surface area contributed by atoms with Gasteiger partial charge < -0.3 is 4.98 Å². The molecule has 0 bridgehead atoms. The van der Waals surface area contributed by atoms with E-state index in [0.717, 1.165) is 19.4 Å². The highest BCUT2D eigenvalue weighted by Gasteiger charge is 2.07. The molecule has 0 saturated carbocycles. The molecule has 0 aliphatic rings. The molecule has 15 heavy (non-hydrogen) atoms. The molecule has 0 aliphatic heterocycles. The predicted molar refractivity (Wildman–Crippen MR) is 57.8 cm³/mol. The lowest BCUT2D eigenvalue weighted by atomic mass is 10.3. The zero-order valence-electron chi connectivity index (χ0n) is 8.95. The predicted octanol–water partition coefficient (Wildman–Crippen LogP) is 1.23. The second-order valence-electron chi connectivity index (χ2n) is 3.61. The Hall–Kier alpha value is -1.65. The fraction of sp³-hybridized carbons (Fsp3) is 0.500. The van der Waals surface area contributed by atoms with Gasteiger partial charge in [0.05, 0.1) is 6.20 Å². The summed E-state index contributed by atoms with van der Waals surface area (Å²) in [5, 5.41) is 4.74. The molecular weight excluding hydrogens is 192 g/mol.